The van der Waals surface area contributed by atoms with Crippen LogP contribution in [0.15, 0.2) is 30.3 Å². The van der Waals surface area contributed by atoms with Crippen LogP contribution in [0.4, 0.5) is 0 Å². The normalized spacial score (nSPS) is 13.1. The molecule has 1 unspecified atom stereocenters. The van der Waals surface area contributed by atoms with Crippen LogP contribution in [-0.2, 0) is 0 Å². The fraction of sp³-hybridized carbons (Fsp3) is 0.143. The number of aliphatic hydroxyl groups is 1. The molecule has 0 aliphatic heterocycles. The van der Waals surface area contributed by atoms with Crippen molar-refractivity contribution in [1.82, 2.24) is 0 Å². The Bertz CT molecular complexity index is 172. The van der Waals surface area contributed by atoms with Gasteiger partial charge in [-0.3, -0.25) is 0 Å². The van der Waals surface area contributed by atoms with Gasteiger partial charge in [0.25, 0.3) is 0 Å². The Morgan fingerprint density at radius 1 is 1.22 bits per heavy atom. The molecule has 2 heteroatoms. The second kappa shape index (κ2) is 3.22. The van der Waals surface area contributed by atoms with Gasteiger partial charge in [0.05, 0.1) is 0 Å². The average Bonchev–Trinajstić information content (AvgIpc) is 1.90. The first kappa shape index (κ1) is 7.09. The Morgan fingerprint density at radius 3 is 2.11 bits per heavy atom. The Kier molecular flexibility index (Phi) is 2.54. The van der Waals surface area contributed by atoms with E-state index in [2.05, 4.69) is 0 Å². The third-order valence-corrected chi connectivity index (χ3v) is 2.07. The van der Waals surface area contributed by atoms with Gasteiger partial charge in [0.2, 0.25) is 0 Å². The summed E-state index contributed by atoms with van der Waals surface area (Å²) in [6, 6.07) is 9.67. The van der Waals surface area contributed by atoms with Crippen molar-refractivity contribution in [2.75, 3.05) is 0 Å². The first-order valence-electron chi connectivity index (χ1n) is 2.75. The van der Waals surface area contributed by atoms with E-state index in [1.807, 2.05) is 30.3 Å². The van der Waals surface area contributed by atoms with Gasteiger partial charge in [-0.15, -0.1) is 0 Å². The summed E-state index contributed by atoms with van der Waals surface area (Å²) in [7, 11) is 0. The third kappa shape index (κ3) is 1.99. The van der Waals surface area contributed by atoms with E-state index in [0.29, 0.717) is 0 Å². The second-order valence-electron chi connectivity index (χ2n) is 1.81. The van der Waals surface area contributed by atoms with Crippen molar-refractivity contribution in [3.63, 3.8) is 0 Å². The first-order chi connectivity index (χ1) is 4.30. The van der Waals surface area contributed by atoms with Crippen LogP contribution in [0.1, 0.15) is 9.68 Å². The molecule has 0 spiro atoms. The van der Waals surface area contributed by atoms with Gasteiger partial charge in [0.1, 0.15) is 0 Å². The quantitative estimate of drug-likeness (QED) is 0.703. The van der Waals surface area contributed by atoms with Gasteiger partial charge in [-0.25, -0.2) is 0 Å². The maximum atomic E-state index is 9.06. The number of rotatable bonds is 1. The molecule has 0 saturated heterocycles. The SMILES string of the molecule is O[CH]([Sn])c1ccccc1. The zero-order valence-electron chi connectivity index (χ0n) is 4.91. The van der Waals surface area contributed by atoms with E-state index in [4.69, 9.17) is 5.11 Å². The molecule has 0 heterocycles. The van der Waals surface area contributed by atoms with Gasteiger partial charge in [-0.05, 0) is 0 Å². The minimum atomic E-state index is -0.251. The van der Waals surface area contributed by atoms with E-state index < -0.39 is 0 Å². The monoisotopic (exact) mass is 227 g/mol. The molecular formula is C7H7OSn. The molecule has 0 amide bonds. The molecule has 0 aliphatic carbocycles. The molecule has 0 aromatic heterocycles. The van der Waals surface area contributed by atoms with E-state index >= 15 is 0 Å². The second-order valence-corrected chi connectivity index (χ2v) is 3.37. The molecule has 0 bridgehead atoms. The summed E-state index contributed by atoms with van der Waals surface area (Å²) < 4.78 is -0.251. The predicted molar refractivity (Wildman–Crippen MR) is 37.2 cm³/mol. The Labute approximate surface area is 67.8 Å². The first-order valence-corrected chi connectivity index (χ1v) is 4.39. The molecule has 45 valence electrons. The van der Waals surface area contributed by atoms with Gasteiger partial charge in [0, 0.05) is 0 Å². The van der Waals surface area contributed by atoms with Crippen LogP contribution in [-0.4, -0.2) is 27.6 Å². The van der Waals surface area contributed by atoms with Crippen molar-refractivity contribution < 1.29 is 5.11 Å². The van der Waals surface area contributed by atoms with Crippen LogP contribution in [0, 0.1) is 0 Å². The zero-order chi connectivity index (χ0) is 6.69. The van der Waals surface area contributed by atoms with E-state index in [9.17, 15) is 0 Å². The van der Waals surface area contributed by atoms with E-state index in [0.717, 1.165) is 28.1 Å². The van der Waals surface area contributed by atoms with Gasteiger partial charge >= 0.3 is 67.6 Å². The molecule has 0 fully saturated rings. The number of hydrogen-bond acceptors (Lipinski definition) is 1. The number of aliphatic hydroxyl groups excluding tert-OH is 1. The topological polar surface area (TPSA) is 20.2 Å². The summed E-state index contributed by atoms with van der Waals surface area (Å²) in [5.74, 6) is 0. The van der Waals surface area contributed by atoms with Crippen LogP contribution in [0.25, 0.3) is 0 Å². The summed E-state index contributed by atoms with van der Waals surface area (Å²) in [4.78, 5) is 0. The standard InChI is InChI=1S/C7H7O.Sn/c8-6-7-4-2-1-3-5-7;/h1-6,8H;. The fourth-order valence-electron chi connectivity index (χ4n) is 0.635. The third-order valence-electron chi connectivity index (χ3n) is 1.12. The number of benzene rings is 1. The van der Waals surface area contributed by atoms with E-state index in [1.165, 1.54) is 0 Å². The van der Waals surface area contributed by atoms with Crippen LogP contribution < -0.4 is 0 Å². The summed E-state index contributed by atoms with van der Waals surface area (Å²) in [5.41, 5.74) is 1.01. The Balaban J connectivity index is 2.85. The minimum absolute atomic E-state index is 0.251. The van der Waals surface area contributed by atoms with Crippen molar-refractivity contribution in [3.8, 4) is 0 Å². The van der Waals surface area contributed by atoms with Gasteiger partial charge in [-0.1, -0.05) is 0 Å². The summed E-state index contributed by atoms with van der Waals surface area (Å²) in [6.07, 6.45) is 0. The van der Waals surface area contributed by atoms with Crippen LogP contribution in [0.3, 0.4) is 0 Å². The molecule has 1 aromatic carbocycles. The van der Waals surface area contributed by atoms with Crippen molar-refractivity contribution >= 4 is 22.5 Å². The predicted octanol–water partition coefficient (Wildman–Crippen LogP) is 0.846. The molecule has 1 aromatic rings. The molecule has 1 atom stereocenters. The van der Waals surface area contributed by atoms with Gasteiger partial charge in [-0.2, -0.15) is 0 Å². The van der Waals surface area contributed by atoms with Crippen molar-refractivity contribution in [2.45, 2.75) is 4.12 Å². The molecule has 3 radical (unpaired) electrons. The molecule has 1 N–H and O–H groups in total. The zero-order valence-corrected chi connectivity index (χ0v) is 7.77. The molecule has 0 aliphatic rings. The molecule has 1 nitrogen and oxygen atoms in total. The molecule has 1 rings (SSSR count). The van der Waals surface area contributed by atoms with Crippen LogP contribution in [0.5, 0.6) is 0 Å². The summed E-state index contributed by atoms with van der Waals surface area (Å²) in [6.45, 7) is 0. The van der Waals surface area contributed by atoms with Crippen LogP contribution >= 0.6 is 0 Å². The van der Waals surface area contributed by atoms with E-state index in [1.54, 1.807) is 0 Å². The van der Waals surface area contributed by atoms with E-state index in [-0.39, 0.29) is 4.12 Å². The number of hydrogen-bond donors (Lipinski definition) is 1. The Morgan fingerprint density at radius 2 is 1.78 bits per heavy atom. The Hall–Kier alpha value is -0.0213. The molecule has 0 saturated carbocycles. The van der Waals surface area contributed by atoms with Crippen molar-refractivity contribution in [2.24, 2.45) is 0 Å². The molecule has 9 heavy (non-hydrogen) atoms. The fourth-order valence-corrected chi connectivity index (χ4v) is 1.18. The van der Waals surface area contributed by atoms with Gasteiger partial charge in [0.15, 0.2) is 0 Å². The summed E-state index contributed by atoms with van der Waals surface area (Å²) in [5, 5.41) is 9.06. The van der Waals surface area contributed by atoms with Gasteiger partial charge < -0.3 is 0 Å². The van der Waals surface area contributed by atoms with Crippen LogP contribution in [0.2, 0.25) is 0 Å². The maximum absolute atomic E-state index is 9.06. The molecular weight excluding hydrogens is 219 g/mol. The summed E-state index contributed by atoms with van der Waals surface area (Å²) >= 11 is 1.15. The van der Waals surface area contributed by atoms with Crippen molar-refractivity contribution in [1.29, 1.82) is 0 Å². The average molecular weight is 226 g/mol. The van der Waals surface area contributed by atoms with Crippen molar-refractivity contribution in [3.05, 3.63) is 35.9 Å².